The van der Waals surface area contributed by atoms with Crippen LogP contribution in [0.3, 0.4) is 0 Å². The molecular weight excluding hydrogens is 299 g/mol. The van der Waals surface area contributed by atoms with E-state index in [-0.39, 0.29) is 18.6 Å². The van der Waals surface area contributed by atoms with E-state index in [0.717, 1.165) is 0 Å². The minimum atomic E-state index is -1.03. The predicted octanol–water partition coefficient (Wildman–Crippen LogP) is 3.41. The molecule has 0 saturated carbocycles. The Balaban J connectivity index is 2.29. The summed E-state index contributed by atoms with van der Waals surface area (Å²) in [6.45, 7) is 0. The lowest BCUT2D eigenvalue weighted by Gasteiger charge is -2.08. The van der Waals surface area contributed by atoms with Gasteiger partial charge in [0.15, 0.2) is 0 Å². The third kappa shape index (κ3) is 3.92. The van der Waals surface area contributed by atoms with Crippen LogP contribution in [0.25, 0.3) is 11.1 Å². The summed E-state index contributed by atoms with van der Waals surface area (Å²) >= 11 is 0. The first-order valence-electron chi connectivity index (χ1n) is 6.78. The van der Waals surface area contributed by atoms with Crippen molar-refractivity contribution in [3.8, 4) is 17.2 Å². The van der Waals surface area contributed by atoms with Crippen LogP contribution in [-0.4, -0.2) is 22.0 Å². The van der Waals surface area contributed by atoms with Gasteiger partial charge in [-0.05, 0) is 23.8 Å². The summed E-state index contributed by atoms with van der Waals surface area (Å²) in [4.78, 5) is 10.6. The second-order valence-electron chi connectivity index (χ2n) is 4.82. The van der Waals surface area contributed by atoms with E-state index in [9.17, 15) is 9.18 Å². The van der Waals surface area contributed by atoms with Crippen LogP contribution < -0.4 is 0 Å². The molecule has 0 unspecified atom stereocenters. The highest BCUT2D eigenvalue weighted by Gasteiger charge is 2.12. The molecule has 0 aromatic heterocycles. The quantitative estimate of drug-likeness (QED) is 0.502. The maximum atomic E-state index is 14.3. The lowest BCUT2D eigenvalue weighted by atomic mass is 9.99. The SMILES string of the molecule is N#Cc1ccc(-c2ccc(C(CCC(=O)O)=NO)cc2F)cc1. The Labute approximate surface area is 131 Å². The number of halogens is 1. The molecule has 2 aromatic rings. The first kappa shape index (κ1) is 16.2. The topological polar surface area (TPSA) is 93.7 Å². The Kier molecular flexibility index (Phi) is 5.05. The van der Waals surface area contributed by atoms with Gasteiger partial charge in [-0.15, -0.1) is 0 Å². The van der Waals surface area contributed by atoms with E-state index in [1.54, 1.807) is 30.3 Å². The normalized spacial score (nSPS) is 11.0. The summed E-state index contributed by atoms with van der Waals surface area (Å²) in [6, 6.07) is 12.7. The van der Waals surface area contributed by atoms with Crippen molar-refractivity contribution >= 4 is 11.7 Å². The number of hydrogen-bond acceptors (Lipinski definition) is 4. The molecule has 0 fully saturated rings. The Morgan fingerprint density at radius 2 is 1.87 bits per heavy atom. The maximum absolute atomic E-state index is 14.3. The van der Waals surface area contributed by atoms with Crippen molar-refractivity contribution in [3.05, 3.63) is 59.4 Å². The molecule has 6 heteroatoms. The number of rotatable bonds is 5. The third-order valence-electron chi connectivity index (χ3n) is 3.32. The number of nitrogens with zero attached hydrogens (tertiary/aromatic N) is 2. The van der Waals surface area contributed by atoms with E-state index in [1.807, 2.05) is 6.07 Å². The average Bonchev–Trinajstić information content (AvgIpc) is 2.55. The first-order chi connectivity index (χ1) is 11.0. The van der Waals surface area contributed by atoms with E-state index in [1.165, 1.54) is 12.1 Å². The molecule has 0 aliphatic carbocycles. The van der Waals surface area contributed by atoms with Crippen LogP contribution >= 0.6 is 0 Å². The number of aliphatic carboxylic acids is 1. The van der Waals surface area contributed by atoms with E-state index < -0.39 is 11.8 Å². The molecule has 0 aliphatic rings. The van der Waals surface area contributed by atoms with Crippen molar-refractivity contribution in [1.29, 1.82) is 5.26 Å². The van der Waals surface area contributed by atoms with E-state index >= 15 is 0 Å². The highest BCUT2D eigenvalue weighted by atomic mass is 19.1. The molecule has 116 valence electrons. The number of carbonyl (C=O) groups is 1. The molecule has 2 aromatic carbocycles. The fourth-order valence-corrected chi connectivity index (χ4v) is 2.13. The standard InChI is InChI=1S/C17H13FN2O3/c18-15-9-13(16(20-23)7-8-17(21)22)5-6-14(15)12-3-1-11(10-19)2-4-12/h1-6,9,23H,7-8H2,(H,21,22). The van der Waals surface area contributed by atoms with Gasteiger partial charge in [-0.1, -0.05) is 29.4 Å². The first-order valence-corrected chi connectivity index (χ1v) is 6.78. The third-order valence-corrected chi connectivity index (χ3v) is 3.32. The van der Waals surface area contributed by atoms with Gasteiger partial charge in [-0.25, -0.2) is 4.39 Å². The summed E-state index contributed by atoms with van der Waals surface area (Å²) in [5.41, 5.74) is 1.87. The van der Waals surface area contributed by atoms with Gasteiger partial charge in [0, 0.05) is 17.5 Å². The van der Waals surface area contributed by atoms with Gasteiger partial charge >= 0.3 is 5.97 Å². The highest BCUT2D eigenvalue weighted by Crippen LogP contribution is 2.24. The van der Waals surface area contributed by atoms with Crippen LogP contribution in [0, 0.1) is 17.1 Å². The van der Waals surface area contributed by atoms with Gasteiger partial charge < -0.3 is 10.3 Å². The van der Waals surface area contributed by atoms with Crippen LogP contribution in [0.4, 0.5) is 4.39 Å². The fraction of sp³-hybridized carbons (Fsp3) is 0.118. The second kappa shape index (κ2) is 7.18. The molecule has 23 heavy (non-hydrogen) atoms. The number of carboxylic acids is 1. The zero-order valence-electron chi connectivity index (χ0n) is 12.0. The van der Waals surface area contributed by atoms with Gasteiger partial charge in [0.2, 0.25) is 0 Å². The molecule has 0 spiro atoms. The Hall–Kier alpha value is -3.20. The molecule has 0 heterocycles. The largest absolute Gasteiger partial charge is 0.481 e. The van der Waals surface area contributed by atoms with Crippen molar-refractivity contribution in [2.45, 2.75) is 12.8 Å². The monoisotopic (exact) mass is 312 g/mol. The molecule has 0 bridgehead atoms. The summed E-state index contributed by atoms with van der Waals surface area (Å²) in [5, 5.41) is 29.4. The Morgan fingerprint density at radius 1 is 1.17 bits per heavy atom. The van der Waals surface area contributed by atoms with Crippen molar-refractivity contribution in [2.24, 2.45) is 5.16 Å². The number of carboxylic acid groups (broad SMARTS) is 1. The Bertz CT molecular complexity index is 792. The molecule has 0 aliphatic heterocycles. The van der Waals surface area contributed by atoms with Crippen LogP contribution in [0.1, 0.15) is 24.0 Å². The molecular formula is C17H13FN2O3. The molecule has 2 N–H and O–H groups in total. The zero-order valence-corrected chi connectivity index (χ0v) is 12.0. The molecule has 0 atom stereocenters. The number of benzene rings is 2. The number of nitriles is 1. The minimum absolute atomic E-state index is 0.00147. The van der Waals surface area contributed by atoms with Crippen LogP contribution in [0.2, 0.25) is 0 Å². The lowest BCUT2D eigenvalue weighted by molar-refractivity contribution is -0.136. The fourth-order valence-electron chi connectivity index (χ4n) is 2.13. The summed E-state index contributed by atoms with van der Waals surface area (Å²) in [7, 11) is 0. The van der Waals surface area contributed by atoms with E-state index in [0.29, 0.717) is 22.3 Å². The van der Waals surface area contributed by atoms with Crippen LogP contribution in [-0.2, 0) is 4.79 Å². The maximum Gasteiger partial charge on any atom is 0.303 e. The molecule has 5 nitrogen and oxygen atoms in total. The van der Waals surface area contributed by atoms with E-state index in [4.69, 9.17) is 15.6 Å². The summed E-state index contributed by atoms with van der Waals surface area (Å²) in [6.07, 6.45) is -0.208. The van der Waals surface area contributed by atoms with Gasteiger partial charge in [0.1, 0.15) is 5.82 Å². The molecule has 2 rings (SSSR count). The van der Waals surface area contributed by atoms with Crippen molar-refractivity contribution in [2.75, 3.05) is 0 Å². The Morgan fingerprint density at radius 3 is 2.39 bits per heavy atom. The molecule has 0 radical (unpaired) electrons. The number of oxime groups is 1. The zero-order chi connectivity index (χ0) is 16.8. The van der Waals surface area contributed by atoms with Crippen molar-refractivity contribution in [3.63, 3.8) is 0 Å². The smallest absolute Gasteiger partial charge is 0.303 e. The van der Waals surface area contributed by atoms with Crippen molar-refractivity contribution in [1.82, 2.24) is 0 Å². The van der Waals surface area contributed by atoms with Crippen molar-refractivity contribution < 1.29 is 19.5 Å². The summed E-state index contributed by atoms with van der Waals surface area (Å²) < 4.78 is 14.3. The summed E-state index contributed by atoms with van der Waals surface area (Å²) in [5.74, 6) is -1.55. The average molecular weight is 312 g/mol. The van der Waals surface area contributed by atoms with Gasteiger partial charge in [0.25, 0.3) is 0 Å². The predicted molar refractivity (Wildman–Crippen MR) is 81.7 cm³/mol. The molecule has 0 amide bonds. The van der Waals surface area contributed by atoms with Crippen LogP contribution in [0.15, 0.2) is 47.6 Å². The minimum Gasteiger partial charge on any atom is -0.481 e. The van der Waals surface area contributed by atoms with E-state index in [2.05, 4.69) is 5.16 Å². The van der Waals surface area contributed by atoms with Gasteiger partial charge in [-0.3, -0.25) is 4.79 Å². The number of hydrogen-bond donors (Lipinski definition) is 2. The molecule has 0 saturated heterocycles. The van der Waals surface area contributed by atoms with Gasteiger partial charge in [0.05, 0.1) is 23.8 Å². The van der Waals surface area contributed by atoms with Gasteiger partial charge in [-0.2, -0.15) is 5.26 Å². The highest BCUT2D eigenvalue weighted by molar-refractivity contribution is 6.01. The van der Waals surface area contributed by atoms with Crippen LogP contribution in [0.5, 0.6) is 0 Å². The second-order valence-corrected chi connectivity index (χ2v) is 4.82. The lowest BCUT2D eigenvalue weighted by Crippen LogP contribution is -2.06.